The summed E-state index contributed by atoms with van der Waals surface area (Å²) in [6.07, 6.45) is 5.38. The first-order valence-corrected chi connectivity index (χ1v) is 5.93. The molecule has 0 unspecified atom stereocenters. The van der Waals surface area contributed by atoms with E-state index >= 15 is 0 Å². The number of thiocarbonyl (C=S) groups is 1. The molecule has 1 aromatic heterocycles. The molecule has 1 aliphatic carbocycles. The smallest absolute Gasteiger partial charge is 0.158 e. The van der Waals surface area contributed by atoms with Crippen LogP contribution in [0.1, 0.15) is 31.7 Å². The van der Waals surface area contributed by atoms with Crippen LogP contribution in [0.15, 0.2) is 12.3 Å². The third kappa shape index (κ3) is 2.29. The largest absolute Gasteiger partial charge is 0.389 e. The molecule has 4 nitrogen and oxygen atoms in total. The van der Waals surface area contributed by atoms with Crippen molar-refractivity contribution in [2.24, 2.45) is 11.1 Å². The first-order valence-electron chi connectivity index (χ1n) is 5.52. The first-order chi connectivity index (χ1) is 7.67. The Morgan fingerprint density at radius 2 is 2.38 bits per heavy atom. The van der Waals surface area contributed by atoms with E-state index in [4.69, 9.17) is 18.0 Å². The van der Waals surface area contributed by atoms with Crippen molar-refractivity contribution in [3.8, 4) is 0 Å². The molecule has 86 valence electrons. The molecule has 0 atom stereocenters. The zero-order chi connectivity index (χ0) is 11.6. The Bertz CT molecular complexity index is 401. The SMILES string of the molecule is CCC1(CNc2nnccc2C(N)=S)CC1. The van der Waals surface area contributed by atoms with Crippen LogP contribution >= 0.6 is 12.2 Å². The summed E-state index contributed by atoms with van der Waals surface area (Å²) in [6.45, 7) is 3.15. The van der Waals surface area contributed by atoms with E-state index in [9.17, 15) is 0 Å². The van der Waals surface area contributed by atoms with Crippen molar-refractivity contribution in [2.75, 3.05) is 11.9 Å². The Kier molecular flexibility index (Phi) is 3.05. The number of nitrogens with zero attached hydrogens (tertiary/aromatic N) is 2. The van der Waals surface area contributed by atoms with Gasteiger partial charge >= 0.3 is 0 Å². The molecule has 0 aromatic carbocycles. The molecule has 0 bridgehead atoms. The van der Waals surface area contributed by atoms with Crippen molar-refractivity contribution in [1.29, 1.82) is 0 Å². The van der Waals surface area contributed by atoms with Gasteiger partial charge in [0.05, 0.1) is 11.8 Å². The average molecular weight is 236 g/mol. The summed E-state index contributed by atoms with van der Waals surface area (Å²) in [6, 6.07) is 1.79. The van der Waals surface area contributed by atoms with Gasteiger partial charge in [-0.05, 0) is 30.7 Å². The summed E-state index contributed by atoms with van der Waals surface area (Å²) in [7, 11) is 0. The summed E-state index contributed by atoms with van der Waals surface area (Å²) in [4.78, 5) is 0.360. The third-order valence-electron chi connectivity index (χ3n) is 3.32. The molecule has 0 aliphatic heterocycles. The molecule has 1 aromatic rings. The fourth-order valence-electron chi connectivity index (χ4n) is 1.76. The lowest BCUT2D eigenvalue weighted by Gasteiger charge is -2.15. The number of nitrogens with one attached hydrogen (secondary N) is 1. The van der Waals surface area contributed by atoms with Crippen LogP contribution in [-0.2, 0) is 0 Å². The minimum absolute atomic E-state index is 0.360. The average Bonchev–Trinajstić information content (AvgIpc) is 3.07. The van der Waals surface area contributed by atoms with Gasteiger partial charge in [0.25, 0.3) is 0 Å². The normalized spacial score (nSPS) is 16.8. The van der Waals surface area contributed by atoms with Gasteiger partial charge in [-0.2, -0.15) is 5.10 Å². The van der Waals surface area contributed by atoms with Gasteiger partial charge in [-0.1, -0.05) is 19.1 Å². The lowest BCUT2D eigenvalue weighted by atomic mass is 10.0. The van der Waals surface area contributed by atoms with Crippen molar-refractivity contribution < 1.29 is 0 Å². The number of rotatable bonds is 5. The van der Waals surface area contributed by atoms with E-state index in [1.54, 1.807) is 12.3 Å². The number of anilines is 1. The molecule has 2 rings (SSSR count). The summed E-state index contributed by atoms with van der Waals surface area (Å²) in [5.41, 5.74) is 6.86. The van der Waals surface area contributed by atoms with Gasteiger partial charge in [-0.25, -0.2) is 0 Å². The highest BCUT2D eigenvalue weighted by atomic mass is 32.1. The molecule has 0 saturated heterocycles. The van der Waals surface area contributed by atoms with Crippen LogP contribution in [0.4, 0.5) is 5.82 Å². The molecule has 1 saturated carbocycles. The molecule has 3 N–H and O–H groups in total. The van der Waals surface area contributed by atoms with Crippen LogP contribution in [0, 0.1) is 5.41 Å². The lowest BCUT2D eigenvalue weighted by Crippen LogP contribution is -2.19. The van der Waals surface area contributed by atoms with E-state index < -0.39 is 0 Å². The van der Waals surface area contributed by atoms with Gasteiger partial charge in [-0.15, -0.1) is 5.10 Å². The number of aromatic nitrogens is 2. The van der Waals surface area contributed by atoms with Crippen molar-refractivity contribution in [2.45, 2.75) is 26.2 Å². The van der Waals surface area contributed by atoms with Crippen LogP contribution in [-0.4, -0.2) is 21.7 Å². The highest BCUT2D eigenvalue weighted by Crippen LogP contribution is 2.48. The van der Waals surface area contributed by atoms with E-state index in [0.717, 1.165) is 12.1 Å². The van der Waals surface area contributed by atoms with Crippen LogP contribution in [0.3, 0.4) is 0 Å². The molecule has 1 heterocycles. The summed E-state index contributed by atoms with van der Waals surface area (Å²) >= 11 is 4.97. The molecule has 1 aliphatic rings. The van der Waals surface area contributed by atoms with Crippen LogP contribution in [0.2, 0.25) is 0 Å². The standard InChI is InChI=1S/C11H16N4S/c1-2-11(4-5-11)7-13-10-8(9(12)16)3-6-14-15-10/h3,6H,2,4-5,7H2,1H3,(H2,12,16)(H,13,15). The highest BCUT2D eigenvalue weighted by Gasteiger charge is 2.40. The lowest BCUT2D eigenvalue weighted by molar-refractivity contribution is 0.520. The molecule has 1 fully saturated rings. The maximum Gasteiger partial charge on any atom is 0.158 e. The second-order valence-electron chi connectivity index (χ2n) is 4.36. The van der Waals surface area contributed by atoms with Crippen molar-refractivity contribution in [3.05, 3.63) is 17.8 Å². The zero-order valence-corrected chi connectivity index (χ0v) is 10.2. The highest BCUT2D eigenvalue weighted by molar-refractivity contribution is 7.80. The Morgan fingerprint density at radius 3 is 2.94 bits per heavy atom. The van der Waals surface area contributed by atoms with E-state index in [-0.39, 0.29) is 0 Å². The van der Waals surface area contributed by atoms with Gasteiger partial charge in [-0.3, -0.25) is 0 Å². The maximum absolute atomic E-state index is 5.63. The summed E-state index contributed by atoms with van der Waals surface area (Å²) in [5, 5.41) is 11.2. The second kappa shape index (κ2) is 4.33. The molecule has 0 radical (unpaired) electrons. The third-order valence-corrected chi connectivity index (χ3v) is 3.54. The van der Waals surface area contributed by atoms with Gasteiger partial charge in [0.2, 0.25) is 0 Å². The minimum atomic E-state index is 0.360. The predicted molar refractivity (Wildman–Crippen MR) is 68.4 cm³/mol. The fourth-order valence-corrected chi connectivity index (χ4v) is 1.93. The molecular weight excluding hydrogens is 220 g/mol. The number of hydrogen-bond acceptors (Lipinski definition) is 4. The van der Waals surface area contributed by atoms with E-state index in [1.165, 1.54) is 19.3 Å². The molecule has 0 amide bonds. The van der Waals surface area contributed by atoms with E-state index in [1.807, 2.05) is 0 Å². The van der Waals surface area contributed by atoms with Crippen molar-refractivity contribution in [1.82, 2.24) is 10.2 Å². The van der Waals surface area contributed by atoms with E-state index in [2.05, 4.69) is 22.4 Å². The quantitative estimate of drug-likeness (QED) is 0.762. The van der Waals surface area contributed by atoms with Gasteiger partial charge in [0.15, 0.2) is 5.82 Å². The molecule has 5 heteroatoms. The second-order valence-corrected chi connectivity index (χ2v) is 4.80. The van der Waals surface area contributed by atoms with Crippen LogP contribution in [0.5, 0.6) is 0 Å². The monoisotopic (exact) mass is 236 g/mol. The molecule has 16 heavy (non-hydrogen) atoms. The molecule has 0 spiro atoms. The first kappa shape index (κ1) is 11.3. The van der Waals surface area contributed by atoms with Gasteiger partial charge < -0.3 is 11.1 Å². The Morgan fingerprint density at radius 1 is 1.62 bits per heavy atom. The van der Waals surface area contributed by atoms with Gasteiger partial charge in [0, 0.05) is 6.54 Å². The van der Waals surface area contributed by atoms with Crippen LogP contribution in [0.25, 0.3) is 0 Å². The number of nitrogens with two attached hydrogens (primary N) is 1. The number of hydrogen-bond donors (Lipinski definition) is 2. The topological polar surface area (TPSA) is 63.8 Å². The molecular formula is C11H16N4S. The van der Waals surface area contributed by atoms with Crippen molar-refractivity contribution in [3.63, 3.8) is 0 Å². The maximum atomic E-state index is 5.63. The Hall–Kier alpha value is -1.23. The fraction of sp³-hybridized carbons (Fsp3) is 0.545. The summed E-state index contributed by atoms with van der Waals surface area (Å²) in [5.74, 6) is 0.703. The Balaban J connectivity index is 2.06. The minimum Gasteiger partial charge on any atom is -0.389 e. The predicted octanol–water partition coefficient (Wildman–Crippen LogP) is 1.71. The van der Waals surface area contributed by atoms with E-state index in [0.29, 0.717) is 16.2 Å². The van der Waals surface area contributed by atoms with Crippen LogP contribution < -0.4 is 11.1 Å². The van der Waals surface area contributed by atoms with Gasteiger partial charge in [0.1, 0.15) is 4.99 Å². The Labute approximate surface area is 101 Å². The zero-order valence-electron chi connectivity index (χ0n) is 9.36. The summed E-state index contributed by atoms with van der Waals surface area (Å²) < 4.78 is 0. The van der Waals surface area contributed by atoms with Crippen molar-refractivity contribution >= 4 is 23.0 Å².